The lowest BCUT2D eigenvalue weighted by atomic mass is 10.2. The van der Waals surface area contributed by atoms with Gasteiger partial charge in [-0.15, -0.1) is 11.3 Å². The molecule has 0 saturated heterocycles. The van der Waals surface area contributed by atoms with Crippen LogP contribution in [0.3, 0.4) is 0 Å². The summed E-state index contributed by atoms with van der Waals surface area (Å²) < 4.78 is 22.7. The maximum atomic E-state index is 11.4. The molecule has 0 aliphatic carbocycles. The Morgan fingerprint density at radius 1 is 1.17 bits per heavy atom. The van der Waals surface area contributed by atoms with Gasteiger partial charge in [-0.25, -0.2) is 18.4 Å². The molecule has 1 atom stereocenters. The molecule has 1 unspecified atom stereocenters. The molecule has 0 fully saturated rings. The normalized spacial score (nSPS) is 13.1. The third kappa shape index (κ3) is 4.10. The van der Waals surface area contributed by atoms with E-state index < -0.39 is 9.84 Å². The molecular formula is C17H19N3O2S2. The van der Waals surface area contributed by atoms with Gasteiger partial charge in [0.05, 0.1) is 16.1 Å². The van der Waals surface area contributed by atoms with E-state index in [1.165, 1.54) is 6.26 Å². The molecule has 0 bridgehead atoms. The Kier molecular flexibility index (Phi) is 4.82. The zero-order valence-electron chi connectivity index (χ0n) is 13.6. The summed E-state index contributed by atoms with van der Waals surface area (Å²) in [5, 5.41) is 6.28. The van der Waals surface area contributed by atoms with Crippen LogP contribution in [0.25, 0.3) is 21.6 Å². The topological polar surface area (TPSA) is 72.0 Å². The first-order chi connectivity index (χ1) is 11.4. The Morgan fingerprint density at radius 3 is 2.67 bits per heavy atom. The third-order valence-corrected chi connectivity index (χ3v) is 5.49. The van der Waals surface area contributed by atoms with Crippen molar-refractivity contribution in [1.82, 2.24) is 9.97 Å². The predicted molar refractivity (Wildman–Crippen MR) is 100 cm³/mol. The van der Waals surface area contributed by atoms with Gasteiger partial charge in [0.2, 0.25) is 0 Å². The molecule has 0 saturated carbocycles. The molecule has 1 N–H and O–H groups in total. The van der Waals surface area contributed by atoms with Crippen molar-refractivity contribution in [3.63, 3.8) is 0 Å². The van der Waals surface area contributed by atoms with Gasteiger partial charge in [0.1, 0.15) is 15.7 Å². The number of aromatic nitrogens is 2. The number of benzene rings is 1. The average molecular weight is 361 g/mol. The second kappa shape index (κ2) is 6.86. The van der Waals surface area contributed by atoms with E-state index in [2.05, 4.69) is 15.3 Å². The highest BCUT2D eigenvalue weighted by molar-refractivity contribution is 7.90. The molecule has 1 aromatic carbocycles. The van der Waals surface area contributed by atoms with E-state index in [0.717, 1.165) is 21.6 Å². The van der Waals surface area contributed by atoms with Crippen LogP contribution in [0, 0.1) is 0 Å². The van der Waals surface area contributed by atoms with Crippen LogP contribution in [-0.4, -0.2) is 36.4 Å². The second-order valence-corrected chi connectivity index (χ2v) is 9.06. The summed E-state index contributed by atoms with van der Waals surface area (Å²) in [6.45, 7) is 1.97. The number of thiophene rings is 1. The van der Waals surface area contributed by atoms with Gasteiger partial charge in [-0.05, 0) is 36.9 Å². The lowest BCUT2D eigenvalue weighted by Crippen LogP contribution is -2.20. The quantitative estimate of drug-likeness (QED) is 0.726. The van der Waals surface area contributed by atoms with Gasteiger partial charge in [-0.3, -0.25) is 0 Å². The molecule has 0 spiro atoms. The number of nitrogens with one attached hydrogen (secondary N) is 1. The highest BCUT2D eigenvalue weighted by Crippen LogP contribution is 2.27. The minimum absolute atomic E-state index is 0.00535. The summed E-state index contributed by atoms with van der Waals surface area (Å²) in [7, 11) is -2.97. The summed E-state index contributed by atoms with van der Waals surface area (Å²) >= 11 is 1.59. The van der Waals surface area contributed by atoms with E-state index in [-0.39, 0.29) is 11.8 Å². The Labute approximate surface area is 145 Å². The summed E-state index contributed by atoms with van der Waals surface area (Å²) in [5.74, 6) is 1.58. The van der Waals surface area contributed by atoms with Crippen LogP contribution in [0.1, 0.15) is 13.3 Å². The Bertz CT molecular complexity index is 938. The number of rotatable bonds is 6. The highest BCUT2D eigenvalue weighted by atomic mass is 32.2. The summed E-state index contributed by atoms with van der Waals surface area (Å²) in [6, 6.07) is 11.8. The molecule has 126 valence electrons. The van der Waals surface area contributed by atoms with E-state index in [9.17, 15) is 8.42 Å². The van der Waals surface area contributed by atoms with Gasteiger partial charge in [-0.2, -0.15) is 0 Å². The van der Waals surface area contributed by atoms with Crippen molar-refractivity contribution in [2.75, 3.05) is 17.3 Å². The lowest BCUT2D eigenvalue weighted by Gasteiger charge is -2.16. The number of anilines is 1. The number of sulfone groups is 1. The van der Waals surface area contributed by atoms with Gasteiger partial charge >= 0.3 is 0 Å². The van der Waals surface area contributed by atoms with Gasteiger partial charge in [0.15, 0.2) is 5.82 Å². The van der Waals surface area contributed by atoms with Crippen molar-refractivity contribution < 1.29 is 8.42 Å². The molecule has 0 aliphatic rings. The van der Waals surface area contributed by atoms with Gasteiger partial charge in [0.25, 0.3) is 0 Å². The van der Waals surface area contributed by atoms with E-state index in [0.29, 0.717) is 12.2 Å². The Balaban J connectivity index is 1.93. The first kappa shape index (κ1) is 16.9. The number of para-hydroxylation sites is 1. The first-order valence-electron chi connectivity index (χ1n) is 7.67. The molecule has 7 heteroatoms. The second-order valence-electron chi connectivity index (χ2n) is 5.85. The molecule has 3 rings (SSSR count). The maximum Gasteiger partial charge on any atom is 0.172 e. The van der Waals surface area contributed by atoms with Crippen molar-refractivity contribution in [1.29, 1.82) is 0 Å². The van der Waals surface area contributed by atoms with Crippen molar-refractivity contribution >= 4 is 37.9 Å². The number of nitrogens with zero attached hydrogens (tertiary/aromatic N) is 2. The molecule has 2 heterocycles. The van der Waals surface area contributed by atoms with Crippen LogP contribution in [-0.2, 0) is 9.84 Å². The third-order valence-electron chi connectivity index (χ3n) is 3.65. The van der Waals surface area contributed by atoms with Crippen molar-refractivity contribution in [3.8, 4) is 10.7 Å². The van der Waals surface area contributed by atoms with Gasteiger partial charge in [-0.1, -0.05) is 18.2 Å². The van der Waals surface area contributed by atoms with E-state index >= 15 is 0 Å². The summed E-state index contributed by atoms with van der Waals surface area (Å²) in [5.41, 5.74) is 0.869. The average Bonchev–Trinajstić information content (AvgIpc) is 3.07. The molecule has 2 aromatic heterocycles. The molecule has 0 amide bonds. The van der Waals surface area contributed by atoms with Crippen LogP contribution in [0.4, 0.5) is 5.82 Å². The predicted octanol–water partition coefficient (Wildman–Crippen LogP) is 3.59. The number of hydrogen-bond donors (Lipinski definition) is 1. The van der Waals surface area contributed by atoms with E-state index in [1.54, 1.807) is 11.3 Å². The van der Waals surface area contributed by atoms with Crippen molar-refractivity contribution in [2.45, 2.75) is 19.4 Å². The fourth-order valence-corrected chi connectivity index (χ4v) is 3.84. The van der Waals surface area contributed by atoms with E-state index in [4.69, 9.17) is 0 Å². The number of hydrogen-bond acceptors (Lipinski definition) is 6. The lowest BCUT2D eigenvalue weighted by molar-refractivity contribution is 0.595. The minimum Gasteiger partial charge on any atom is -0.367 e. The smallest absolute Gasteiger partial charge is 0.172 e. The van der Waals surface area contributed by atoms with E-state index in [1.807, 2.05) is 48.7 Å². The van der Waals surface area contributed by atoms with Crippen molar-refractivity contribution in [2.24, 2.45) is 0 Å². The molecular weight excluding hydrogens is 342 g/mol. The molecule has 5 nitrogen and oxygen atoms in total. The SMILES string of the molecule is CC(CCS(C)(=O)=O)Nc1nc(-c2cccs2)nc2ccccc12. The van der Waals surface area contributed by atoms with Gasteiger partial charge < -0.3 is 5.32 Å². The van der Waals surface area contributed by atoms with Crippen LogP contribution in [0.15, 0.2) is 41.8 Å². The Hall–Kier alpha value is -1.99. The van der Waals surface area contributed by atoms with Crippen molar-refractivity contribution in [3.05, 3.63) is 41.8 Å². The summed E-state index contributed by atoms with van der Waals surface area (Å²) in [6.07, 6.45) is 1.79. The monoisotopic (exact) mass is 361 g/mol. The number of fused-ring (bicyclic) bond motifs is 1. The maximum absolute atomic E-state index is 11.4. The fraction of sp³-hybridized carbons (Fsp3) is 0.294. The molecule has 3 aromatic rings. The van der Waals surface area contributed by atoms with Crippen LogP contribution >= 0.6 is 11.3 Å². The zero-order chi connectivity index (χ0) is 17.2. The fourth-order valence-electron chi connectivity index (χ4n) is 2.40. The minimum atomic E-state index is -2.97. The zero-order valence-corrected chi connectivity index (χ0v) is 15.2. The Morgan fingerprint density at radius 2 is 1.96 bits per heavy atom. The largest absolute Gasteiger partial charge is 0.367 e. The first-order valence-corrected chi connectivity index (χ1v) is 10.6. The van der Waals surface area contributed by atoms with Crippen LogP contribution < -0.4 is 5.32 Å². The standard InChI is InChI=1S/C17H19N3O2S2/c1-12(9-11-24(2,21)22)18-16-13-6-3-4-7-14(13)19-17(20-16)15-8-5-10-23-15/h3-8,10,12H,9,11H2,1-2H3,(H,18,19,20). The molecule has 24 heavy (non-hydrogen) atoms. The summed E-state index contributed by atoms with van der Waals surface area (Å²) in [4.78, 5) is 10.3. The molecule has 0 aliphatic heterocycles. The van der Waals surface area contributed by atoms with Crippen LogP contribution in [0.2, 0.25) is 0 Å². The highest BCUT2D eigenvalue weighted by Gasteiger charge is 2.13. The molecule has 0 radical (unpaired) electrons. The van der Waals surface area contributed by atoms with Gasteiger partial charge in [0, 0.05) is 17.7 Å². The van der Waals surface area contributed by atoms with Crippen LogP contribution in [0.5, 0.6) is 0 Å².